The second-order valence-corrected chi connectivity index (χ2v) is 6.18. The fourth-order valence-electron chi connectivity index (χ4n) is 4.33. The molecule has 111 valence electrons. The summed E-state index contributed by atoms with van der Waals surface area (Å²) in [4.78, 5) is 0. The van der Waals surface area contributed by atoms with Crippen LogP contribution in [0.5, 0.6) is 0 Å². The van der Waals surface area contributed by atoms with E-state index in [1.54, 1.807) is 16.7 Å². The van der Waals surface area contributed by atoms with Gasteiger partial charge in [-0.3, -0.25) is 0 Å². The molecule has 0 saturated carbocycles. The molecule has 4 aromatic carbocycles. The molecule has 0 heterocycles. The minimum absolute atomic E-state index is 0. The van der Waals surface area contributed by atoms with Crippen LogP contribution in [0.4, 0.5) is 0 Å². The van der Waals surface area contributed by atoms with Crippen molar-refractivity contribution >= 4 is 61.9 Å². The first-order valence-corrected chi connectivity index (χ1v) is 8.50. The van der Waals surface area contributed by atoms with Crippen molar-refractivity contribution in [2.75, 3.05) is 0 Å². The minimum atomic E-state index is 0. The Morgan fingerprint density at radius 3 is 1.48 bits per heavy atom. The van der Waals surface area contributed by atoms with Crippen molar-refractivity contribution in [3.63, 3.8) is 0 Å². The Morgan fingerprint density at radius 1 is 0.565 bits per heavy atom. The molecular weight excluding hydrogens is 287 g/mol. The van der Waals surface area contributed by atoms with E-state index in [1.807, 2.05) is 0 Å². The molecule has 0 unspecified atom stereocenters. The van der Waals surface area contributed by atoms with Crippen LogP contribution in [0, 0.1) is 0 Å². The first-order valence-electron chi connectivity index (χ1n) is 8.50. The van der Waals surface area contributed by atoms with Gasteiger partial charge in [-0.2, -0.15) is 0 Å². The number of hydrogen-bond donors (Lipinski definition) is 0. The summed E-state index contributed by atoms with van der Waals surface area (Å²) < 4.78 is 0. The molecule has 4 aromatic rings. The summed E-state index contributed by atoms with van der Waals surface area (Å²) in [5.74, 6) is 0. The van der Waals surface area contributed by atoms with E-state index in [9.17, 15) is 0 Å². The molecule has 0 aliphatic carbocycles. The van der Waals surface area contributed by atoms with Gasteiger partial charge in [0.05, 0.1) is 0 Å². The van der Waals surface area contributed by atoms with Gasteiger partial charge in [-0.1, -0.05) is 63.2 Å². The van der Waals surface area contributed by atoms with E-state index in [0.29, 0.717) is 0 Å². The van der Waals surface area contributed by atoms with Crippen LogP contribution in [0.2, 0.25) is 0 Å². The van der Waals surface area contributed by atoms with Gasteiger partial charge < -0.3 is 0 Å². The number of aryl methyl sites for hydroxylation is 2. The van der Waals surface area contributed by atoms with Gasteiger partial charge in [0.15, 0.2) is 0 Å². The maximum absolute atomic E-state index is 2.35. The summed E-state index contributed by atoms with van der Waals surface area (Å²) in [6.07, 6.45) is 3.36. The molecule has 0 nitrogen and oxygen atoms in total. The molecule has 0 N–H and O–H groups in total. The summed E-state index contributed by atoms with van der Waals surface area (Å²) in [5, 5.41) is 8.60. The number of benzene rings is 4. The van der Waals surface area contributed by atoms with E-state index in [4.69, 9.17) is 0 Å². The SMILES string of the molecule is CCc1c(CC)c2ccc3cccc4ccc(c1CC)c2c34.[Na]. The van der Waals surface area contributed by atoms with Gasteiger partial charge in [-0.05, 0) is 68.3 Å². The second kappa shape index (κ2) is 6.43. The molecule has 0 aliphatic rings. The zero-order valence-electron chi connectivity index (χ0n) is 14.7. The van der Waals surface area contributed by atoms with Crippen LogP contribution in [-0.2, 0) is 19.3 Å². The molecule has 0 aliphatic heterocycles. The summed E-state index contributed by atoms with van der Waals surface area (Å²) in [6.45, 7) is 6.89. The normalized spacial score (nSPS) is 11.4. The largest absolute Gasteiger partial charge is 0.0613 e. The molecule has 0 spiro atoms. The average molecular weight is 309 g/mol. The molecule has 0 fully saturated rings. The topological polar surface area (TPSA) is 0 Å². The van der Waals surface area contributed by atoms with Crippen LogP contribution in [0.1, 0.15) is 37.5 Å². The van der Waals surface area contributed by atoms with Crippen LogP contribution < -0.4 is 0 Å². The van der Waals surface area contributed by atoms with E-state index in [-0.39, 0.29) is 29.6 Å². The van der Waals surface area contributed by atoms with Crippen LogP contribution >= 0.6 is 0 Å². The zero-order chi connectivity index (χ0) is 15.3. The third-order valence-corrected chi connectivity index (χ3v) is 5.22. The third kappa shape index (κ3) is 2.31. The van der Waals surface area contributed by atoms with E-state index >= 15 is 0 Å². The molecule has 4 rings (SSSR count). The van der Waals surface area contributed by atoms with Crippen LogP contribution in [-0.4, -0.2) is 29.6 Å². The zero-order valence-corrected chi connectivity index (χ0v) is 16.7. The molecule has 0 saturated heterocycles. The van der Waals surface area contributed by atoms with Gasteiger partial charge in [0.25, 0.3) is 0 Å². The van der Waals surface area contributed by atoms with Crippen LogP contribution in [0.15, 0.2) is 42.5 Å². The van der Waals surface area contributed by atoms with Gasteiger partial charge in [0.1, 0.15) is 0 Å². The minimum Gasteiger partial charge on any atom is -0.0613 e. The van der Waals surface area contributed by atoms with Gasteiger partial charge in [0.2, 0.25) is 0 Å². The Kier molecular flexibility index (Phi) is 4.69. The summed E-state index contributed by atoms with van der Waals surface area (Å²) in [5.41, 5.74) is 4.70. The maximum atomic E-state index is 2.35. The predicted molar refractivity (Wildman–Crippen MR) is 104 cm³/mol. The summed E-state index contributed by atoms with van der Waals surface area (Å²) in [6, 6.07) is 15.9. The number of hydrogen-bond acceptors (Lipinski definition) is 0. The van der Waals surface area contributed by atoms with Crippen molar-refractivity contribution in [1.82, 2.24) is 0 Å². The van der Waals surface area contributed by atoms with Crippen LogP contribution in [0.25, 0.3) is 32.3 Å². The first-order chi connectivity index (χ1) is 10.8. The number of rotatable bonds is 3. The quantitative estimate of drug-likeness (QED) is 0.327. The van der Waals surface area contributed by atoms with E-state index < -0.39 is 0 Å². The van der Waals surface area contributed by atoms with E-state index in [1.165, 1.54) is 32.3 Å². The molecule has 0 aromatic heterocycles. The van der Waals surface area contributed by atoms with Gasteiger partial charge in [-0.25, -0.2) is 0 Å². The fourth-order valence-corrected chi connectivity index (χ4v) is 4.33. The molecule has 0 bridgehead atoms. The molecule has 1 heteroatoms. The smallest absolute Gasteiger partial charge is 0 e. The Labute approximate surface area is 160 Å². The maximum Gasteiger partial charge on any atom is 0 e. The fraction of sp³-hybridized carbons (Fsp3) is 0.273. The van der Waals surface area contributed by atoms with Gasteiger partial charge in [0, 0.05) is 29.6 Å². The van der Waals surface area contributed by atoms with Crippen molar-refractivity contribution in [2.45, 2.75) is 40.0 Å². The molecule has 0 amide bonds. The molecular formula is C22H22Na. The molecule has 1 radical (unpaired) electrons. The molecule has 0 atom stereocenters. The Morgan fingerprint density at radius 2 is 1.04 bits per heavy atom. The Hall–Kier alpha value is -1.08. The average Bonchev–Trinajstić information content (AvgIpc) is 2.58. The van der Waals surface area contributed by atoms with Crippen molar-refractivity contribution in [3.8, 4) is 0 Å². The Balaban J connectivity index is 0.00000156. The predicted octanol–water partition coefficient (Wildman–Crippen LogP) is 5.89. The summed E-state index contributed by atoms with van der Waals surface area (Å²) >= 11 is 0. The standard InChI is InChI=1S/C22H22.Na/c1-4-16-17(5-2)19-12-10-14-8-7-9-15-11-13-20(18(16)6-3)22(19)21(14)15;/h7-13H,4-6H2,1-3H3;. The van der Waals surface area contributed by atoms with Crippen molar-refractivity contribution in [1.29, 1.82) is 0 Å². The molecule has 23 heavy (non-hydrogen) atoms. The van der Waals surface area contributed by atoms with Crippen molar-refractivity contribution in [3.05, 3.63) is 59.2 Å². The van der Waals surface area contributed by atoms with Crippen molar-refractivity contribution in [2.24, 2.45) is 0 Å². The monoisotopic (exact) mass is 309 g/mol. The Bertz CT molecular complexity index is 910. The van der Waals surface area contributed by atoms with Gasteiger partial charge >= 0.3 is 0 Å². The van der Waals surface area contributed by atoms with Crippen molar-refractivity contribution < 1.29 is 0 Å². The first kappa shape index (κ1) is 16.8. The third-order valence-electron chi connectivity index (χ3n) is 5.22. The second-order valence-electron chi connectivity index (χ2n) is 6.18. The van der Waals surface area contributed by atoms with E-state index in [0.717, 1.165) is 19.3 Å². The van der Waals surface area contributed by atoms with E-state index in [2.05, 4.69) is 63.2 Å². The summed E-state index contributed by atoms with van der Waals surface area (Å²) in [7, 11) is 0. The van der Waals surface area contributed by atoms with Gasteiger partial charge in [-0.15, -0.1) is 0 Å². The van der Waals surface area contributed by atoms with Crippen LogP contribution in [0.3, 0.4) is 0 Å².